The predicted molar refractivity (Wildman–Crippen MR) is 146 cm³/mol. The molecule has 1 aromatic carbocycles. The molecule has 1 aliphatic heterocycles. The van der Waals surface area contributed by atoms with Crippen LogP contribution >= 0.6 is 0 Å². The third kappa shape index (κ3) is 6.17. The summed E-state index contributed by atoms with van der Waals surface area (Å²) in [6.45, 7) is 10.5. The van der Waals surface area contributed by atoms with Gasteiger partial charge in [0.25, 0.3) is 5.91 Å². The highest BCUT2D eigenvalue weighted by Gasteiger charge is 2.48. The molecule has 2 aromatic heterocycles. The molecule has 1 atom stereocenters. The SMILES string of the molecule is CN(C(=O)c1ccc(Oc2ccc(F)cc2)nc1)c1ccc(CN2CCN(C(=O)O)[C@@](C)(C(C)(C)C)C2)cn1. The average Bonchev–Trinajstić information content (AvgIpc) is 2.89. The molecule has 39 heavy (non-hydrogen) atoms. The highest BCUT2D eigenvalue weighted by atomic mass is 19.1. The van der Waals surface area contributed by atoms with Crippen LogP contribution in [0.4, 0.5) is 15.0 Å². The number of aromatic nitrogens is 2. The zero-order valence-electron chi connectivity index (χ0n) is 22.9. The van der Waals surface area contributed by atoms with E-state index in [9.17, 15) is 19.1 Å². The minimum absolute atomic E-state index is 0.241. The fourth-order valence-electron chi connectivity index (χ4n) is 4.63. The van der Waals surface area contributed by atoms with E-state index in [4.69, 9.17) is 4.74 Å². The number of amides is 2. The number of rotatable bonds is 6. The first-order valence-corrected chi connectivity index (χ1v) is 12.7. The highest BCUT2D eigenvalue weighted by Crippen LogP contribution is 2.38. The number of ether oxygens (including phenoxy) is 1. The lowest BCUT2D eigenvalue weighted by Gasteiger charge is -2.54. The molecule has 0 saturated carbocycles. The standard InChI is InChI=1S/C29H34FN5O4/c1-28(2,3)29(4)19-34(14-15-35(29)27(37)38)18-20-6-12-24(31-16-20)33(5)26(36)21-7-13-25(32-17-21)39-23-10-8-22(30)9-11-23/h6-13,16-17H,14-15,18-19H2,1-5H3,(H,37,38)/t29-/m1/s1. The van der Waals surface area contributed by atoms with Crippen LogP contribution in [0.2, 0.25) is 0 Å². The molecular weight excluding hydrogens is 501 g/mol. The number of carboxylic acid groups (broad SMARTS) is 1. The summed E-state index contributed by atoms with van der Waals surface area (Å²) in [6.07, 6.45) is 2.28. The predicted octanol–water partition coefficient (Wildman–Crippen LogP) is 5.29. The topological polar surface area (TPSA) is 99.1 Å². The second-order valence-corrected chi connectivity index (χ2v) is 11.0. The van der Waals surface area contributed by atoms with Gasteiger partial charge in [-0.3, -0.25) is 19.5 Å². The number of halogens is 1. The normalized spacial score (nSPS) is 18.1. The van der Waals surface area contributed by atoms with Crippen molar-refractivity contribution in [2.45, 2.75) is 39.8 Å². The Morgan fingerprint density at radius 2 is 1.77 bits per heavy atom. The summed E-state index contributed by atoms with van der Waals surface area (Å²) in [5, 5.41) is 9.75. The Balaban J connectivity index is 1.38. The van der Waals surface area contributed by atoms with E-state index in [1.807, 2.05) is 13.0 Å². The Labute approximate surface area is 227 Å². The highest BCUT2D eigenvalue weighted by molar-refractivity contribution is 6.05. The van der Waals surface area contributed by atoms with Crippen molar-refractivity contribution in [1.29, 1.82) is 0 Å². The van der Waals surface area contributed by atoms with Gasteiger partial charge in [0.1, 0.15) is 17.4 Å². The Hall–Kier alpha value is -4.05. The second-order valence-electron chi connectivity index (χ2n) is 11.0. The Morgan fingerprint density at radius 1 is 1.05 bits per heavy atom. The summed E-state index contributed by atoms with van der Waals surface area (Å²) in [5.74, 6) is 0.585. The van der Waals surface area contributed by atoms with E-state index in [2.05, 4.69) is 35.6 Å². The van der Waals surface area contributed by atoms with E-state index in [1.165, 1.54) is 35.4 Å². The summed E-state index contributed by atoms with van der Waals surface area (Å²) in [6, 6.07) is 12.5. The maximum atomic E-state index is 13.1. The van der Waals surface area contributed by atoms with Crippen LogP contribution in [0.3, 0.4) is 0 Å². The van der Waals surface area contributed by atoms with Crippen LogP contribution in [0, 0.1) is 11.2 Å². The van der Waals surface area contributed by atoms with Crippen molar-refractivity contribution in [2.24, 2.45) is 5.41 Å². The number of nitrogens with zero attached hydrogens (tertiary/aromatic N) is 5. The molecule has 3 heterocycles. The molecule has 206 valence electrons. The third-order valence-corrected chi connectivity index (χ3v) is 7.50. The van der Waals surface area contributed by atoms with Gasteiger partial charge < -0.3 is 9.84 Å². The van der Waals surface area contributed by atoms with Gasteiger partial charge in [0, 0.05) is 51.7 Å². The van der Waals surface area contributed by atoms with Gasteiger partial charge in [-0.1, -0.05) is 26.8 Å². The summed E-state index contributed by atoms with van der Waals surface area (Å²) in [4.78, 5) is 38.8. The van der Waals surface area contributed by atoms with Crippen molar-refractivity contribution >= 4 is 17.8 Å². The van der Waals surface area contributed by atoms with Crippen LogP contribution in [-0.4, -0.2) is 69.1 Å². The summed E-state index contributed by atoms with van der Waals surface area (Å²) < 4.78 is 18.7. The summed E-state index contributed by atoms with van der Waals surface area (Å²) >= 11 is 0. The van der Waals surface area contributed by atoms with E-state index in [1.54, 1.807) is 36.3 Å². The van der Waals surface area contributed by atoms with Gasteiger partial charge >= 0.3 is 6.09 Å². The van der Waals surface area contributed by atoms with E-state index in [-0.39, 0.29) is 23.0 Å². The molecule has 1 fully saturated rings. The summed E-state index contributed by atoms with van der Waals surface area (Å²) in [5.41, 5.74) is 0.566. The average molecular weight is 536 g/mol. The van der Waals surface area contributed by atoms with Crippen LogP contribution < -0.4 is 9.64 Å². The van der Waals surface area contributed by atoms with E-state index >= 15 is 0 Å². The van der Waals surface area contributed by atoms with Crippen LogP contribution in [-0.2, 0) is 6.54 Å². The Bertz CT molecular complexity index is 1310. The molecule has 0 unspecified atom stereocenters. The van der Waals surface area contributed by atoms with Gasteiger partial charge in [0.15, 0.2) is 0 Å². The fraction of sp³-hybridized carbons (Fsp3) is 0.379. The molecular formula is C29H34FN5O4. The van der Waals surface area contributed by atoms with Gasteiger partial charge in [-0.15, -0.1) is 0 Å². The molecule has 10 heteroatoms. The molecule has 1 aliphatic rings. The number of hydrogen-bond donors (Lipinski definition) is 1. The lowest BCUT2D eigenvalue weighted by Crippen LogP contribution is -2.67. The quantitative estimate of drug-likeness (QED) is 0.458. The van der Waals surface area contributed by atoms with Crippen LogP contribution in [0.1, 0.15) is 43.6 Å². The first kappa shape index (κ1) is 28.0. The van der Waals surface area contributed by atoms with Crippen molar-refractivity contribution < 1.29 is 23.8 Å². The molecule has 9 nitrogen and oxygen atoms in total. The van der Waals surface area contributed by atoms with Crippen LogP contribution in [0.15, 0.2) is 60.9 Å². The zero-order valence-corrected chi connectivity index (χ0v) is 22.9. The van der Waals surface area contributed by atoms with Crippen molar-refractivity contribution in [3.8, 4) is 11.6 Å². The molecule has 2 amide bonds. The van der Waals surface area contributed by atoms with Crippen molar-refractivity contribution in [1.82, 2.24) is 19.8 Å². The molecule has 3 aromatic rings. The Morgan fingerprint density at radius 3 is 2.33 bits per heavy atom. The third-order valence-electron chi connectivity index (χ3n) is 7.50. The molecule has 0 aliphatic carbocycles. The number of hydrogen-bond acceptors (Lipinski definition) is 6. The number of benzene rings is 1. The van der Waals surface area contributed by atoms with Gasteiger partial charge in [0.05, 0.1) is 11.1 Å². The van der Waals surface area contributed by atoms with E-state index in [0.717, 1.165) is 5.56 Å². The number of anilines is 1. The number of carbonyl (C=O) groups excluding carboxylic acids is 1. The largest absolute Gasteiger partial charge is 0.465 e. The van der Waals surface area contributed by atoms with Crippen molar-refractivity contribution in [2.75, 3.05) is 31.6 Å². The number of piperazine rings is 1. The second kappa shape index (κ2) is 11.0. The first-order chi connectivity index (χ1) is 18.4. The number of pyridine rings is 2. The number of carbonyl (C=O) groups is 2. The lowest BCUT2D eigenvalue weighted by atomic mass is 9.72. The molecule has 0 bridgehead atoms. The maximum Gasteiger partial charge on any atom is 0.407 e. The minimum atomic E-state index is -0.893. The van der Waals surface area contributed by atoms with Gasteiger partial charge in [0.2, 0.25) is 5.88 Å². The summed E-state index contributed by atoms with van der Waals surface area (Å²) in [7, 11) is 1.65. The maximum absolute atomic E-state index is 13.1. The van der Waals surface area contributed by atoms with Gasteiger partial charge in [-0.25, -0.2) is 19.2 Å². The first-order valence-electron chi connectivity index (χ1n) is 12.7. The van der Waals surface area contributed by atoms with Crippen molar-refractivity contribution in [3.63, 3.8) is 0 Å². The molecule has 1 N–H and O–H groups in total. The van der Waals surface area contributed by atoms with Gasteiger partial charge in [-0.2, -0.15) is 0 Å². The fourth-order valence-corrected chi connectivity index (χ4v) is 4.63. The van der Waals surface area contributed by atoms with E-state index in [0.29, 0.717) is 43.3 Å². The van der Waals surface area contributed by atoms with Crippen LogP contribution in [0.5, 0.6) is 11.6 Å². The monoisotopic (exact) mass is 535 g/mol. The van der Waals surface area contributed by atoms with Crippen LogP contribution in [0.25, 0.3) is 0 Å². The molecule has 0 radical (unpaired) electrons. The molecule has 4 rings (SSSR count). The minimum Gasteiger partial charge on any atom is -0.465 e. The lowest BCUT2D eigenvalue weighted by molar-refractivity contribution is -0.0462. The van der Waals surface area contributed by atoms with Gasteiger partial charge in [-0.05, 0) is 54.3 Å². The zero-order chi connectivity index (χ0) is 28.4. The van der Waals surface area contributed by atoms with Crippen molar-refractivity contribution in [3.05, 3.63) is 77.9 Å². The molecule has 0 spiro atoms. The molecule has 1 saturated heterocycles. The van der Waals surface area contributed by atoms with E-state index < -0.39 is 11.6 Å². The smallest absolute Gasteiger partial charge is 0.407 e. The Kier molecular flexibility index (Phi) is 7.87.